The van der Waals surface area contributed by atoms with Gasteiger partial charge in [-0.3, -0.25) is 10.1 Å². The summed E-state index contributed by atoms with van der Waals surface area (Å²) in [5.41, 5.74) is 1.40. The average Bonchev–Trinajstić information content (AvgIpc) is 2.86. The maximum absolute atomic E-state index is 13.5. The molecule has 0 fully saturated rings. The fourth-order valence-corrected chi connectivity index (χ4v) is 5.02. The number of nitrogens with one attached hydrogen (secondary N) is 1. The van der Waals surface area contributed by atoms with E-state index in [4.69, 9.17) is 0 Å². The first-order valence-electron chi connectivity index (χ1n) is 6.48. The number of nitro groups is 1. The summed E-state index contributed by atoms with van der Waals surface area (Å²) >= 11 is 3.54. The molecule has 1 aromatic carbocycles. The minimum absolute atomic E-state index is 0.0592. The second kappa shape index (κ2) is 5.65. The van der Waals surface area contributed by atoms with Gasteiger partial charge in [-0.1, -0.05) is 6.92 Å². The van der Waals surface area contributed by atoms with Gasteiger partial charge in [0.1, 0.15) is 5.82 Å². The third-order valence-electron chi connectivity index (χ3n) is 3.34. The number of fused-ring (bicyclic) bond motifs is 1. The molecule has 2 aromatic rings. The fraction of sp³-hybridized carbons (Fsp3) is 0.286. The Morgan fingerprint density at radius 2 is 2.24 bits per heavy atom. The topological polar surface area (TPSA) is 55.2 Å². The quantitative estimate of drug-likeness (QED) is 0.649. The van der Waals surface area contributed by atoms with Crippen LogP contribution in [0.3, 0.4) is 0 Å². The Morgan fingerprint density at radius 3 is 3.00 bits per heavy atom. The molecule has 1 aliphatic heterocycles. The van der Waals surface area contributed by atoms with Crippen LogP contribution in [0.1, 0.15) is 24.9 Å². The Kier molecular flexibility index (Phi) is 3.86. The van der Waals surface area contributed by atoms with Crippen molar-refractivity contribution in [1.29, 1.82) is 0 Å². The number of hydrogen-bond donors (Lipinski definition) is 1. The molecule has 1 unspecified atom stereocenters. The van der Waals surface area contributed by atoms with Gasteiger partial charge in [0.15, 0.2) is 0 Å². The lowest BCUT2D eigenvalue weighted by Crippen LogP contribution is -2.19. The summed E-state index contributed by atoms with van der Waals surface area (Å²) in [6.45, 7) is 2.15. The Balaban J connectivity index is 1.89. The zero-order valence-electron chi connectivity index (χ0n) is 11.2. The molecule has 0 saturated carbocycles. The van der Waals surface area contributed by atoms with Crippen molar-refractivity contribution in [2.45, 2.75) is 28.8 Å². The number of nitrogens with zero attached hydrogens (tertiary/aromatic N) is 1. The van der Waals surface area contributed by atoms with Crippen LogP contribution in [-0.2, 0) is 0 Å². The van der Waals surface area contributed by atoms with E-state index in [1.807, 2.05) is 17.1 Å². The number of halogens is 1. The molecule has 4 nitrogen and oxygen atoms in total. The second-order valence-electron chi connectivity index (χ2n) is 4.98. The van der Waals surface area contributed by atoms with Crippen LogP contribution in [0.25, 0.3) is 0 Å². The number of non-ortho nitro benzene ring substituents is 1. The number of nitro benzene ring substituents is 1. The van der Waals surface area contributed by atoms with Gasteiger partial charge in [0, 0.05) is 17.0 Å². The van der Waals surface area contributed by atoms with Crippen molar-refractivity contribution in [2.75, 3.05) is 5.32 Å². The number of anilines is 1. The molecule has 0 radical (unpaired) electrons. The van der Waals surface area contributed by atoms with Gasteiger partial charge in [0.05, 0.1) is 21.2 Å². The van der Waals surface area contributed by atoms with Crippen LogP contribution < -0.4 is 5.32 Å². The van der Waals surface area contributed by atoms with Crippen LogP contribution in [0.5, 0.6) is 0 Å². The smallest absolute Gasteiger partial charge is 0.274 e. The normalized spacial score (nSPS) is 20.9. The summed E-state index contributed by atoms with van der Waals surface area (Å²) in [6, 6.07) is 5.72. The maximum atomic E-state index is 13.5. The van der Waals surface area contributed by atoms with Crippen LogP contribution in [0.15, 0.2) is 33.9 Å². The first-order valence-corrected chi connectivity index (χ1v) is 8.24. The van der Waals surface area contributed by atoms with Gasteiger partial charge in [0.25, 0.3) is 5.69 Å². The lowest BCUT2D eigenvalue weighted by Gasteiger charge is -2.28. The van der Waals surface area contributed by atoms with Crippen molar-refractivity contribution in [2.24, 2.45) is 0 Å². The van der Waals surface area contributed by atoms with Gasteiger partial charge < -0.3 is 5.32 Å². The first-order chi connectivity index (χ1) is 10.0. The highest BCUT2D eigenvalue weighted by molar-refractivity contribution is 8.01. The molecule has 0 spiro atoms. The summed E-state index contributed by atoms with van der Waals surface area (Å²) in [5.74, 6) is -0.601. The molecular formula is C14H13FN2O2S2. The summed E-state index contributed by atoms with van der Waals surface area (Å²) in [5, 5.41) is 16.6. The van der Waals surface area contributed by atoms with E-state index in [1.165, 1.54) is 21.9 Å². The molecule has 21 heavy (non-hydrogen) atoms. The van der Waals surface area contributed by atoms with Gasteiger partial charge in [-0.15, -0.1) is 23.1 Å². The van der Waals surface area contributed by atoms with E-state index < -0.39 is 10.7 Å². The Bertz CT molecular complexity index is 689. The van der Waals surface area contributed by atoms with Crippen LogP contribution in [0.2, 0.25) is 0 Å². The number of thiophene rings is 1. The molecule has 110 valence electrons. The summed E-state index contributed by atoms with van der Waals surface area (Å²) < 4.78 is 14.8. The SMILES string of the molecule is C[C@H]1CC(Nc2cc(F)cc([N+](=O)[O-])c2)c2ccsc2S1. The molecule has 0 amide bonds. The monoisotopic (exact) mass is 324 g/mol. The zero-order chi connectivity index (χ0) is 15.0. The van der Waals surface area contributed by atoms with Crippen molar-refractivity contribution in [1.82, 2.24) is 0 Å². The molecule has 0 bridgehead atoms. The molecule has 1 aliphatic rings. The van der Waals surface area contributed by atoms with Crippen LogP contribution in [-0.4, -0.2) is 10.2 Å². The van der Waals surface area contributed by atoms with Crippen molar-refractivity contribution in [3.8, 4) is 0 Å². The largest absolute Gasteiger partial charge is 0.378 e. The first kappa shape index (κ1) is 14.3. The van der Waals surface area contributed by atoms with E-state index in [0.717, 1.165) is 12.5 Å². The molecule has 0 aliphatic carbocycles. The maximum Gasteiger partial charge on any atom is 0.274 e. The molecule has 7 heteroatoms. The molecule has 1 aromatic heterocycles. The van der Waals surface area contributed by atoms with Gasteiger partial charge in [-0.05, 0) is 29.5 Å². The fourth-order valence-electron chi connectivity index (χ4n) is 2.45. The van der Waals surface area contributed by atoms with E-state index in [9.17, 15) is 14.5 Å². The Hall–Kier alpha value is -1.60. The van der Waals surface area contributed by atoms with Crippen LogP contribution >= 0.6 is 23.1 Å². The molecule has 2 atom stereocenters. The Labute approximate surface area is 129 Å². The second-order valence-corrected chi connectivity index (χ2v) is 7.60. The summed E-state index contributed by atoms with van der Waals surface area (Å²) in [6.07, 6.45) is 0.901. The number of benzene rings is 1. The van der Waals surface area contributed by atoms with E-state index >= 15 is 0 Å². The van der Waals surface area contributed by atoms with Crippen LogP contribution in [0, 0.1) is 15.9 Å². The molecule has 2 heterocycles. The van der Waals surface area contributed by atoms with Crippen molar-refractivity contribution < 1.29 is 9.31 Å². The third-order valence-corrected chi connectivity index (χ3v) is 5.69. The van der Waals surface area contributed by atoms with Crippen molar-refractivity contribution in [3.63, 3.8) is 0 Å². The molecular weight excluding hydrogens is 311 g/mol. The minimum Gasteiger partial charge on any atom is -0.378 e. The van der Waals surface area contributed by atoms with Gasteiger partial charge in [-0.2, -0.15) is 0 Å². The number of thioether (sulfide) groups is 1. The summed E-state index contributed by atoms with van der Waals surface area (Å²) in [4.78, 5) is 10.2. The molecule has 0 saturated heterocycles. The highest BCUT2D eigenvalue weighted by atomic mass is 32.2. The Morgan fingerprint density at radius 1 is 1.43 bits per heavy atom. The standard InChI is InChI=1S/C14H13FN2O2S2/c1-8-4-13(12-2-3-20-14(12)21-8)16-10-5-9(15)6-11(7-10)17(18)19/h2-3,5-8,13,16H,4H2,1H3/t8-,13?/m0/s1. The predicted octanol–water partition coefficient (Wildman–Crippen LogP) is 4.83. The number of rotatable bonds is 3. The van der Waals surface area contributed by atoms with Gasteiger partial charge >= 0.3 is 0 Å². The van der Waals surface area contributed by atoms with E-state index in [0.29, 0.717) is 10.9 Å². The molecule has 3 rings (SSSR count). The summed E-state index contributed by atoms with van der Waals surface area (Å²) in [7, 11) is 0. The highest BCUT2D eigenvalue weighted by Crippen LogP contribution is 2.45. The number of hydrogen-bond acceptors (Lipinski definition) is 5. The molecule has 1 N–H and O–H groups in total. The van der Waals surface area contributed by atoms with Gasteiger partial charge in [-0.25, -0.2) is 4.39 Å². The predicted molar refractivity (Wildman–Crippen MR) is 83.7 cm³/mol. The van der Waals surface area contributed by atoms with Gasteiger partial charge in [0.2, 0.25) is 0 Å². The third kappa shape index (κ3) is 3.03. The minimum atomic E-state index is -0.601. The lowest BCUT2D eigenvalue weighted by molar-refractivity contribution is -0.385. The van der Waals surface area contributed by atoms with Crippen LogP contribution in [0.4, 0.5) is 15.8 Å². The van der Waals surface area contributed by atoms with Crippen molar-refractivity contribution in [3.05, 3.63) is 51.1 Å². The lowest BCUT2D eigenvalue weighted by atomic mass is 10.0. The van der Waals surface area contributed by atoms with E-state index in [-0.39, 0.29) is 11.7 Å². The van der Waals surface area contributed by atoms with Crippen molar-refractivity contribution >= 4 is 34.5 Å². The zero-order valence-corrected chi connectivity index (χ0v) is 12.8. The van der Waals surface area contributed by atoms with E-state index in [2.05, 4.69) is 18.3 Å². The average molecular weight is 324 g/mol. The van der Waals surface area contributed by atoms with E-state index in [1.54, 1.807) is 11.3 Å². The highest BCUT2D eigenvalue weighted by Gasteiger charge is 2.26.